The number of aromatic nitrogens is 1. The van der Waals surface area contributed by atoms with Crippen LogP contribution in [0.15, 0.2) is 27.5 Å². The summed E-state index contributed by atoms with van der Waals surface area (Å²) >= 11 is 3.25. The Morgan fingerprint density at radius 2 is 2.00 bits per heavy atom. The van der Waals surface area contributed by atoms with Gasteiger partial charge in [-0.15, -0.1) is 0 Å². The zero-order valence-electron chi connectivity index (χ0n) is 8.35. The molecule has 0 spiro atoms. The van der Waals surface area contributed by atoms with Crippen LogP contribution in [0.2, 0.25) is 0 Å². The number of hydrogen-bond donors (Lipinski definition) is 1. The smallest absolute Gasteiger partial charge is 0.278 e. The van der Waals surface area contributed by atoms with Gasteiger partial charge in [-0.05, 0) is 40.5 Å². The predicted molar refractivity (Wildman–Crippen MR) is 62.0 cm³/mol. The number of hydrogen-bond acceptors (Lipinski definition) is 1. The van der Waals surface area contributed by atoms with E-state index >= 15 is 0 Å². The van der Waals surface area contributed by atoms with E-state index in [2.05, 4.69) is 20.9 Å². The Morgan fingerprint density at radius 1 is 1.31 bits per heavy atom. The number of nitrogens with one attached hydrogen (secondary N) is 1. The second-order valence-electron chi connectivity index (χ2n) is 3.56. The summed E-state index contributed by atoms with van der Waals surface area (Å²) in [7, 11) is 0. The summed E-state index contributed by atoms with van der Waals surface area (Å²) in [6.45, 7) is 1.84. The number of aryl methyl sites for hydroxylation is 1. The molecular formula is C11H8BrF2NO. The molecule has 84 valence electrons. The predicted octanol–water partition coefficient (Wildman–Crippen LogP) is 3.54. The van der Waals surface area contributed by atoms with Gasteiger partial charge in [-0.25, -0.2) is 8.78 Å². The topological polar surface area (TPSA) is 32.9 Å². The third-order valence-electron chi connectivity index (χ3n) is 2.29. The molecule has 0 atom stereocenters. The number of H-pyrrole nitrogens is 1. The molecule has 0 bridgehead atoms. The maximum Gasteiger partial charge on any atom is 0.278 e. The van der Waals surface area contributed by atoms with Crippen molar-refractivity contribution in [2.45, 2.75) is 13.3 Å². The summed E-state index contributed by atoms with van der Waals surface area (Å²) in [6, 6.07) is 4.39. The summed E-state index contributed by atoms with van der Waals surface area (Å²) in [5, 5.41) is 0.413. The van der Waals surface area contributed by atoms with E-state index in [4.69, 9.17) is 0 Å². The Bertz CT molecular complexity index is 607. The number of pyridine rings is 1. The second kappa shape index (κ2) is 3.97. The number of halogens is 3. The molecule has 0 radical (unpaired) electrons. The molecule has 1 N–H and O–H groups in total. The van der Waals surface area contributed by atoms with Crippen LogP contribution >= 0.6 is 15.9 Å². The third kappa shape index (κ3) is 1.87. The molecule has 1 aromatic carbocycles. The van der Waals surface area contributed by atoms with Gasteiger partial charge in [0.15, 0.2) is 5.43 Å². The monoisotopic (exact) mass is 287 g/mol. The standard InChI is InChI=1S/C11H8BrF2NO/c1-5-2-6-9(16)4-8(11(13)14)15-10(6)7(12)3-5/h2-4,11H,1H3,(H,15,16). The van der Waals surface area contributed by atoms with Crippen molar-refractivity contribution in [3.05, 3.63) is 44.2 Å². The lowest BCUT2D eigenvalue weighted by atomic mass is 10.1. The van der Waals surface area contributed by atoms with Gasteiger partial charge in [-0.3, -0.25) is 4.79 Å². The van der Waals surface area contributed by atoms with Crippen LogP contribution in [0.5, 0.6) is 0 Å². The summed E-state index contributed by atoms with van der Waals surface area (Å²) in [6.07, 6.45) is -2.68. The number of alkyl halides is 2. The fourth-order valence-corrected chi connectivity index (χ4v) is 2.25. The number of fused-ring (bicyclic) bond motifs is 1. The largest absolute Gasteiger partial charge is 0.353 e. The first-order valence-corrected chi connectivity index (χ1v) is 5.39. The number of rotatable bonds is 1. The first kappa shape index (κ1) is 11.3. The minimum atomic E-state index is -2.68. The molecule has 0 aliphatic rings. The van der Waals surface area contributed by atoms with E-state index in [1.165, 1.54) is 0 Å². The van der Waals surface area contributed by atoms with Gasteiger partial charge in [-0.1, -0.05) is 0 Å². The van der Waals surface area contributed by atoms with Gasteiger partial charge in [0.25, 0.3) is 6.43 Å². The Labute approximate surface area is 98.4 Å². The Balaban J connectivity index is 2.87. The van der Waals surface area contributed by atoms with Gasteiger partial charge in [-0.2, -0.15) is 0 Å². The normalized spacial score (nSPS) is 11.3. The van der Waals surface area contributed by atoms with Crippen molar-refractivity contribution in [3.63, 3.8) is 0 Å². The van der Waals surface area contributed by atoms with E-state index in [0.29, 0.717) is 15.4 Å². The highest BCUT2D eigenvalue weighted by Gasteiger charge is 2.12. The summed E-state index contributed by atoms with van der Waals surface area (Å²) in [5.41, 5.74) is 0.554. The van der Waals surface area contributed by atoms with Gasteiger partial charge in [0.05, 0.1) is 11.2 Å². The molecule has 2 rings (SSSR count). The third-order valence-corrected chi connectivity index (χ3v) is 2.92. The van der Waals surface area contributed by atoms with Crippen molar-refractivity contribution in [1.82, 2.24) is 4.98 Å². The van der Waals surface area contributed by atoms with Crippen molar-refractivity contribution in [2.75, 3.05) is 0 Å². The van der Waals surface area contributed by atoms with Gasteiger partial charge in [0.2, 0.25) is 0 Å². The molecular weight excluding hydrogens is 280 g/mol. The first-order valence-electron chi connectivity index (χ1n) is 4.60. The van der Waals surface area contributed by atoms with Crippen LogP contribution in [0.3, 0.4) is 0 Å². The molecule has 0 amide bonds. The van der Waals surface area contributed by atoms with E-state index in [1.54, 1.807) is 12.1 Å². The molecule has 0 saturated heterocycles. The van der Waals surface area contributed by atoms with Crippen molar-refractivity contribution < 1.29 is 8.78 Å². The molecule has 1 heterocycles. The highest BCUT2D eigenvalue weighted by molar-refractivity contribution is 9.10. The summed E-state index contributed by atoms with van der Waals surface area (Å²) in [4.78, 5) is 14.2. The zero-order chi connectivity index (χ0) is 11.9. The molecule has 2 aromatic rings. The van der Waals surface area contributed by atoms with Crippen molar-refractivity contribution >= 4 is 26.8 Å². The Morgan fingerprint density at radius 3 is 2.62 bits per heavy atom. The lowest BCUT2D eigenvalue weighted by Crippen LogP contribution is -2.06. The number of benzene rings is 1. The molecule has 0 unspecified atom stereocenters. The Hall–Kier alpha value is -1.23. The highest BCUT2D eigenvalue weighted by Crippen LogP contribution is 2.24. The van der Waals surface area contributed by atoms with Gasteiger partial charge in [0.1, 0.15) is 0 Å². The quantitative estimate of drug-likeness (QED) is 0.855. The Kier molecular flexibility index (Phi) is 2.80. The molecule has 16 heavy (non-hydrogen) atoms. The maximum absolute atomic E-state index is 12.5. The first-order chi connectivity index (χ1) is 7.49. The zero-order valence-corrected chi connectivity index (χ0v) is 9.94. The van der Waals surface area contributed by atoms with E-state index in [-0.39, 0.29) is 5.69 Å². The van der Waals surface area contributed by atoms with Crippen LogP contribution in [0.4, 0.5) is 8.78 Å². The molecule has 1 aromatic heterocycles. The SMILES string of the molecule is Cc1cc(Br)c2[nH]c(C(F)F)cc(=O)c2c1. The van der Waals surface area contributed by atoms with E-state index in [9.17, 15) is 13.6 Å². The lowest BCUT2D eigenvalue weighted by molar-refractivity contribution is 0.146. The second-order valence-corrected chi connectivity index (χ2v) is 4.41. The van der Waals surface area contributed by atoms with Crippen LogP contribution in [0.1, 0.15) is 17.7 Å². The number of aromatic amines is 1. The molecule has 5 heteroatoms. The molecule has 0 fully saturated rings. The summed E-state index contributed by atoms with van der Waals surface area (Å²) in [5.74, 6) is 0. The average Bonchev–Trinajstić information content (AvgIpc) is 2.19. The van der Waals surface area contributed by atoms with Crippen LogP contribution in [-0.2, 0) is 0 Å². The van der Waals surface area contributed by atoms with E-state index in [0.717, 1.165) is 11.6 Å². The maximum atomic E-state index is 12.5. The molecule has 2 nitrogen and oxygen atoms in total. The highest BCUT2D eigenvalue weighted by atomic mass is 79.9. The minimum Gasteiger partial charge on any atom is -0.353 e. The molecule has 0 aliphatic heterocycles. The van der Waals surface area contributed by atoms with Crippen LogP contribution in [0, 0.1) is 6.92 Å². The molecule has 0 aliphatic carbocycles. The van der Waals surface area contributed by atoms with Gasteiger partial charge in [0, 0.05) is 15.9 Å². The van der Waals surface area contributed by atoms with Crippen molar-refractivity contribution in [2.24, 2.45) is 0 Å². The van der Waals surface area contributed by atoms with Crippen LogP contribution in [-0.4, -0.2) is 4.98 Å². The fourth-order valence-electron chi connectivity index (χ4n) is 1.58. The van der Waals surface area contributed by atoms with Gasteiger partial charge >= 0.3 is 0 Å². The van der Waals surface area contributed by atoms with Crippen molar-refractivity contribution in [1.29, 1.82) is 0 Å². The van der Waals surface area contributed by atoms with E-state index < -0.39 is 11.9 Å². The van der Waals surface area contributed by atoms with Crippen molar-refractivity contribution in [3.8, 4) is 0 Å². The molecule has 0 saturated carbocycles. The van der Waals surface area contributed by atoms with E-state index in [1.807, 2.05) is 6.92 Å². The average molecular weight is 288 g/mol. The summed E-state index contributed by atoms with van der Waals surface area (Å²) < 4.78 is 25.6. The van der Waals surface area contributed by atoms with Crippen LogP contribution < -0.4 is 5.43 Å². The van der Waals surface area contributed by atoms with Crippen LogP contribution in [0.25, 0.3) is 10.9 Å². The fraction of sp³-hybridized carbons (Fsp3) is 0.182. The van der Waals surface area contributed by atoms with Gasteiger partial charge < -0.3 is 4.98 Å². The lowest BCUT2D eigenvalue weighted by Gasteiger charge is -2.06. The minimum absolute atomic E-state index is 0.359.